The average Bonchev–Trinajstić information content (AvgIpc) is 2.49. The fraction of sp³-hybridized carbons (Fsp3) is 0.333. The van der Waals surface area contributed by atoms with Crippen molar-refractivity contribution in [2.24, 2.45) is 0 Å². The number of unbranched alkanes of at least 4 members (excludes halogenated alkanes) is 1. The van der Waals surface area contributed by atoms with E-state index in [1.54, 1.807) is 18.5 Å². The summed E-state index contributed by atoms with van der Waals surface area (Å²) in [5.74, 6) is 1.61. The second-order valence-electron chi connectivity index (χ2n) is 4.79. The maximum Gasteiger partial charge on any atom is 0.135 e. The Labute approximate surface area is 135 Å². The molecule has 0 spiro atoms. The Balaban J connectivity index is 2.11. The van der Waals surface area contributed by atoms with Crippen LogP contribution in [0, 0.1) is 0 Å². The zero-order chi connectivity index (χ0) is 15.2. The number of halogens is 2. The van der Waals surface area contributed by atoms with E-state index in [-0.39, 0.29) is 0 Å². The van der Waals surface area contributed by atoms with Gasteiger partial charge >= 0.3 is 0 Å². The molecule has 6 heteroatoms. The summed E-state index contributed by atoms with van der Waals surface area (Å²) in [5, 5.41) is 4.24. The maximum absolute atomic E-state index is 6.01. The lowest BCUT2D eigenvalue weighted by molar-refractivity contribution is 0.758. The number of aromatic nitrogens is 2. The van der Waals surface area contributed by atoms with Crippen LogP contribution in [0.4, 0.5) is 17.3 Å². The van der Waals surface area contributed by atoms with E-state index in [9.17, 15) is 0 Å². The van der Waals surface area contributed by atoms with E-state index >= 15 is 0 Å². The summed E-state index contributed by atoms with van der Waals surface area (Å²) in [6.07, 6.45) is 3.84. The van der Waals surface area contributed by atoms with Gasteiger partial charge in [-0.25, -0.2) is 9.97 Å². The zero-order valence-electron chi connectivity index (χ0n) is 12.1. The third kappa shape index (κ3) is 4.48. The third-order valence-electron chi connectivity index (χ3n) is 3.08. The summed E-state index contributed by atoms with van der Waals surface area (Å²) in [6, 6.07) is 7.29. The first-order valence-electron chi connectivity index (χ1n) is 6.85. The second kappa shape index (κ2) is 7.48. The minimum atomic E-state index is 0.510. The van der Waals surface area contributed by atoms with Crippen LogP contribution in [0.1, 0.15) is 19.8 Å². The molecule has 0 radical (unpaired) electrons. The molecule has 4 nitrogen and oxygen atoms in total. The van der Waals surface area contributed by atoms with Crippen molar-refractivity contribution in [3.63, 3.8) is 0 Å². The van der Waals surface area contributed by atoms with Crippen LogP contribution < -0.4 is 10.2 Å². The molecule has 21 heavy (non-hydrogen) atoms. The van der Waals surface area contributed by atoms with Crippen LogP contribution in [-0.2, 0) is 0 Å². The predicted octanol–water partition coefficient (Wildman–Crippen LogP) is 4.76. The summed E-state index contributed by atoms with van der Waals surface area (Å²) in [4.78, 5) is 10.6. The van der Waals surface area contributed by atoms with Gasteiger partial charge in [-0.3, -0.25) is 0 Å². The van der Waals surface area contributed by atoms with Crippen LogP contribution in [0.2, 0.25) is 10.0 Å². The summed E-state index contributed by atoms with van der Waals surface area (Å²) < 4.78 is 0. The van der Waals surface area contributed by atoms with Crippen LogP contribution in [0.15, 0.2) is 30.6 Å². The van der Waals surface area contributed by atoms with Gasteiger partial charge < -0.3 is 10.2 Å². The average molecular weight is 325 g/mol. The topological polar surface area (TPSA) is 41.0 Å². The Hall–Kier alpha value is -1.52. The van der Waals surface area contributed by atoms with Crippen molar-refractivity contribution in [2.75, 3.05) is 23.8 Å². The second-order valence-corrected chi connectivity index (χ2v) is 5.60. The third-order valence-corrected chi connectivity index (χ3v) is 3.82. The largest absolute Gasteiger partial charge is 0.360 e. The van der Waals surface area contributed by atoms with E-state index in [2.05, 4.69) is 27.1 Å². The van der Waals surface area contributed by atoms with Crippen LogP contribution in [0.25, 0.3) is 0 Å². The molecule has 1 heterocycles. The van der Waals surface area contributed by atoms with E-state index in [1.807, 2.05) is 19.2 Å². The molecule has 0 atom stereocenters. The fourth-order valence-electron chi connectivity index (χ4n) is 1.86. The van der Waals surface area contributed by atoms with Crippen molar-refractivity contribution in [3.8, 4) is 0 Å². The Morgan fingerprint density at radius 3 is 2.67 bits per heavy atom. The molecule has 0 fully saturated rings. The number of hydrogen-bond donors (Lipinski definition) is 1. The minimum absolute atomic E-state index is 0.510. The van der Waals surface area contributed by atoms with Gasteiger partial charge in [0, 0.05) is 25.3 Å². The van der Waals surface area contributed by atoms with Crippen molar-refractivity contribution in [2.45, 2.75) is 19.8 Å². The van der Waals surface area contributed by atoms with Gasteiger partial charge in [0.2, 0.25) is 0 Å². The molecule has 0 aliphatic rings. The fourth-order valence-corrected chi connectivity index (χ4v) is 2.15. The van der Waals surface area contributed by atoms with E-state index in [1.165, 1.54) is 0 Å². The highest BCUT2D eigenvalue weighted by atomic mass is 35.5. The highest BCUT2D eigenvalue weighted by Gasteiger charge is 2.05. The molecular weight excluding hydrogens is 307 g/mol. The predicted molar refractivity (Wildman–Crippen MR) is 90.0 cm³/mol. The lowest BCUT2D eigenvalue weighted by atomic mass is 10.3. The van der Waals surface area contributed by atoms with Crippen LogP contribution >= 0.6 is 23.2 Å². The van der Waals surface area contributed by atoms with Crippen molar-refractivity contribution < 1.29 is 0 Å². The maximum atomic E-state index is 6.01. The van der Waals surface area contributed by atoms with Crippen molar-refractivity contribution in [1.82, 2.24) is 9.97 Å². The SMILES string of the molecule is CCCCN(C)c1cc(Nc2ccc(Cl)c(Cl)c2)ncn1. The van der Waals surface area contributed by atoms with Crippen LogP contribution in [0.5, 0.6) is 0 Å². The number of hydrogen-bond acceptors (Lipinski definition) is 4. The first-order chi connectivity index (χ1) is 10.1. The number of nitrogens with zero attached hydrogens (tertiary/aromatic N) is 3. The molecule has 2 rings (SSSR count). The quantitative estimate of drug-likeness (QED) is 0.831. The first kappa shape index (κ1) is 15.9. The Morgan fingerprint density at radius 1 is 1.14 bits per heavy atom. The minimum Gasteiger partial charge on any atom is -0.360 e. The van der Waals surface area contributed by atoms with Gasteiger partial charge in [0.05, 0.1) is 10.0 Å². The molecular formula is C15H18Cl2N4. The monoisotopic (exact) mass is 324 g/mol. The highest BCUT2D eigenvalue weighted by molar-refractivity contribution is 6.42. The summed E-state index contributed by atoms with van der Waals surface area (Å²) >= 11 is 11.9. The van der Waals surface area contributed by atoms with E-state index in [0.717, 1.165) is 36.7 Å². The molecule has 0 unspecified atom stereocenters. The van der Waals surface area contributed by atoms with E-state index in [0.29, 0.717) is 10.0 Å². The molecule has 2 aromatic rings. The Bertz CT molecular complexity index is 604. The molecule has 1 aromatic carbocycles. The molecule has 0 aliphatic heterocycles. The molecule has 0 aliphatic carbocycles. The summed E-state index contributed by atoms with van der Waals surface area (Å²) in [6.45, 7) is 3.14. The van der Waals surface area contributed by atoms with E-state index < -0.39 is 0 Å². The van der Waals surface area contributed by atoms with Crippen molar-refractivity contribution in [3.05, 3.63) is 40.6 Å². The van der Waals surface area contributed by atoms with Gasteiger partial charge in [0.25, 0.3) is 0 Å². The molecule has 112 valence electrons. The van der Waals surface area contributed by atoms with Gasteiger partial charge in [-0.1, -0.05) is 36.5 Å². The van der Waals surface area contributed by atoms with Crippen LogP contribution in [0.3, 0.4) is 0 Å². The standard InChI is InChI=1S/C15H18Cl2N4/c1-3-4-7-21(2)15-9-14(18-10-19-15)20-11-5-6-12(16)13(17)8-11/h5-6,8-10H,3-4,7H2,1-2H3,(H,18,19,20). The van der Waals surface area contributed by atoms with Gasteiger partial charge in [0.15, 0.2) is 0 Å². The van der Waals surface area contributed by atoms with Gasteiger partial charge in [-0.2, -0.15) is 0 Å². The first-order valence-corrected chi connectivity index (χ1v) is 7.61. The van der Waals surface area contributed by atoms with Gasteiger partial charge in [0.1, 0.15) is 18.0 Å². The molecule has 1 N–H and O–H groups in total. The molecule has 0 bridgehead atoms. The molecule has 0 saturated carbocycles. The number of benzene rings is 1. The highest BCUT2D eigenvalue weighted by Crippen LogP contribution is 2.27. The zero-order valence-corrected chi connectivity index (χ0v) is 13.6. The smallest absolute Gasteiger partial charge is 0.135 e. The molecule has 1 aromatic heterocycles. The van der Waals surface area contributed by atoms with Crippen molar-refractivity contribution in [1.29, 1.82) is 0 Å². The Morgan fingerprint density at radius 2 is 1.95 bits per heavy atom. The molecule has 0 saturated heterocycles. The lowest BCUT2D eigenvalue weighted by Crippen LogP contribution is -2.19. The normalized spacial score (nSPS) is 10.5. The Kier molecular flexibility index (Phi) is 5.65. The number of nitrogens with one attached hydrogen (secondary N) is 1. The van der Waals surface area contributed by atoms with Crippen molar-refractivity contribution >= 4 is 40.5 Å². The van der Waals surface area contributed by atoms with Gasteiger partial charge in [-0.05, 0) is 24.6 Å². The number of rotatable bonds is 6. The lowest BCUT2D eigenvalue weighted by Gasteiger charge is -2.18. The van der Waals surface area contributed by atoms with Gasteiger partial charge in [-0.15, -0.1) is 0 Å². The number of anilines is 3. The molecule has 0 amide bonds. The van der Waals surface area contributed by atoms with E-state index in [4.69, 9.17) is 23.2 Å². The summed E-state index contributed by atoms with van der Waals surface area (Å²) in [7, 11) is 2.03. The van der Waals surface area contributed by atoms with Crippen LogP contribution in [-0.4, -0.2) is 23.6 Å². The summed E-state index contributed by atoms with van der Waals surface area (Å²) in [5.41, 5.74) is 0.838.